The maximum atomic E-state index is 12.4. The Balaban J connectivity index is 1.52. The van der Waals surface area contributed by atoms with Crippen molar-refractivity contribution in [1.82, 2.24) is 4.90 Å². The highest BCUT2D eigenvalue weighted by Crippen LogP contribution is 2.61. The van der Waals surface area contributed by atoms with E-state index in [0.29, 0.717) is 5.78 Å². The number of hydrogen-bond donors (Lipinski definition) is 0. The zero-order valence-electron chi connectivity index (χ0n) is 14.7. The Bertz CT molecular complexity index is 459. The lowest BCUT2D eigenvalue weighted by atomic mass is 9.50. The maximum absolute atomic E-state index is 12.4. The first-order chi connectivity index (χ1) is 10.5. The molecule has 0 aromatic rings. The van der Waals surface area contributed by atoms with Crippen molar-refractivity contribution >= 4 is 5.78 Å². The molecule has 0 N–H and O–H groups in total. The smallest absolute Gasteiger partial charge is 0.139 e. The van der Waals surface area contributed by atoms with Gasteiger partial charge in [0.05, 0.1) is 0 Å². The summed E-state index contributed by atoms with van der Waals surface area (Å²) in [5.74, 6) is 5.10. The Kier molecular flexibility index (Phi) is 3.67. The van der Waals surface area contributed by atoms with Crippen molar-refractivity contribution < 1.29 is 4.79 Å². The maximum Gasteiger partial charge on any atom is 0.139 e. The van der Waals surface area contributed by atoms with Gasteiger partial charge in [0.1, 0.15) is 5.78 Å². The summed E-state index contributed by atoms with van der Waals surface area (Å²) >= 11 is 0. The van der Waals surface area contributed by atoms with Gasteiger partial charge in [0.2, 0.25) is 0 Å². The van der Waals surface area contributed by atoms with Crippen molar-refractivity contribution in [2.45, 2.75) is 70.8 Å². The topological polar surface area (TPSA) is 20.3 Å². The van der Waals surface area contributed by atoms with Gasteiger partial charge in [0, 0.05) is 17.9 Å². The number of hydrogen-bond acceptors (Lipinski definition) is 2. The molecule has 0 unspecified atom stereocenters. The summed E-state index contributed by atoms with van der Waals surface area (Å²) in [4.78, 5) is 14.9. The van der Waals surface area contributed by atoms with Crippen LogP contribution >= 0.6 is 0 Å². The van der Waals surface area contributed by atoms with Gasteiger partial charge in [-0.25, -0.2) is 0 Å². The van der Waals surface area contributed by atoms with Crippen molar-refractivity contribution in [3.05, 3.63) is 0 Å². The van der Waals surface area contributed by atoms with Crippen LogP contribution in [0.1, 0.15) is 64.7 Å². The van der Waals surface area contributed by atoms with Gasteiger partial charge in [-0.15, -0.1) is 0 Å². The summed E-state index contributed by atoms with van der Waals surface area (Å²) < 4.78 is 0. The molecule has 0 amide bonds. The lowest BCUT2D eigenvalue weighted by molar-refractivity contribution is -0.133. The van der Waals surface area contributed by atoms with E-state index in [0.717, 1.165) is 42.1 Å². The van der Waals surface area contributed by atoms with E-state index in [4.69, 9.17) is 0 Å². The number of fused-ring (bicyclic) bond motifs is 5. The minimum Gasteiger partial charge on any atom is -0.306 e. The molecule has 0 spiro atoms. The van der Waals surface area contributed by atoms with Crippen LogP contribution in [0.2, 0.25) is 0 Å². The highest BCUT2D eigenvalue weighted by Gasteiger charge is 2.56. The van der Waals surface area contributed by atoms with Gasteiger partial charge < -0.3 is 4.90 Å². The quantitative estimate of drug-likeness (QED) is 0.725. The fourth-order valence-corrected chi connectivity index (χ4v) is 7.07. The monoisotopic (exact) mass is 303 g/mol. The van der Waals surface area contributed by atoms with E-state index in [2.05, 4.69) is 25.9 Å². The fourth-order valence-electron chi connectivity index (χ4n) is 7.07. The number of nitrogens with zero attached hydrogens (tertiary/aromatic N) is 1. The summed E-state index contributed by atoms with van der Waals surface area (Å²) in [7, 11) is 4.51. The Morgan fingerprint density at radius 2 is 1.73 bits per heavy atom. The second-order valence-corrected chi connectivity index (χ2v) is 9.28. The normalized spacial score (nSPS) is 51.4. The lowest BCUT2D eigenvalue weighted by Crippen LogP contribution is -2.50. The average Bonchev–Trinajstić information content (AvgIpc) is 2.82. The molecule has 0 aliphatic heterocycles. The van der Waals surface area contributed by atoms with Crippen molar-refractivity contribution in [1.29, 1.82) is 0 Å². The van der Waals surface area contributed by atoms with Gasteiger partial charge >= 0.3 is 0 Å². The molecule has 22 heavy (non-hydrogen) atoms. The zero-order valence-corrected chi connectivity index (χ0v) is 14.7. The first-order valence-corrected chi connectivity index (χ1v) is 9.70. The van der Waals surface area contributed by atoms with Gasteiger partial charge in [0.25, 0.3) is 0 Å². The van der Waals surface area contributed by atoms with Crippen molar-refractivity contribution in [2.75, 3.05) is 14.1 Å². The van der Waals surface area contributed by atoms with E-state index in [9.17, 15) is 4.79 Å². The van der Waals surface area contributed by atoms with Gasteiger partial charge in [-0.2, -0.15) is 0 Å². The minimum atomic E-state index is 0.0643. The molecular weight excluding hydrogens is 270 g/mol. The molecule has 0 aromatic heterocycles. The summed E-state index contributed by atoms with van der Waals surface area (Å²) in [6.45, 7) is 2.30. The molecule has 0 aromatic carbocycles. The molecule has 0 radical (unpaired) electrons. The second kappa shape index (κ2) is 5.33. The van der Waals surface area contributed by atoms with E-state index < -0.39 is 0 Å². The van der Waals surface area contributed by atoms with E-state index in [1.807, 2.05) is 0 Å². The van der Waals surface area contributed by atoms with Crippen LogP contribution in [0, 0.1) is 35.0 Å². The number of rotatable bonds is 1. The van der Waals surface area contributed by atoms with Crippen LogP contribution < -0.4 is 0 Å². The third kappa shape index (κ3) is 2.12. The van der Waals surface area contributed by atoms with E-state index in [1.54, 1.807) is 0 Å². The average molecular weight is 303 g/mol. The van der Waals surface area contributed by atoms with Gasteiger partial charge in [-0.05, 0) is 95.1 Å². The van der Waals surface area contributed by atoms with E-state index in [-0.39, 0.29) is 5.41 Å². The molecule has 0 bridgehead atoms. The predicted octanol–water partition coefficient (Wildman–Crippen LogP) is 4.14. The molecular formula is C20H33NO. The molecule has 4 aliphatic carbocycles. The van der Waals surface area contributed by atoms with Crippen LogP contribution in [0.25, 0.3) is 0 Å². The van der Waals surface area contributed by atoms with E-state index in [1.165, 1.54) is 51.4 Å². The highest BCUT2D eigenvalue weighted by atomic mass is 16.1. The Labute approximate surface area is 136 Å². The number of carbonyl (C=O) groups excluding carboxylic acids is 1. The zero-order chi connectivity index (χ0) is 15.5. The molecule has 7 atom stereocenters. The Morgan fingerprint density at radius 1 is 0.955 bits per heavy atom. The fraction of sp³-hybridized carbons (Fsp3) is 0.950. The third-order valence-corrected chi connectivity index (χ3v) is 8.37. The van der Waals surface area contributed by atoms with Gasteiger partial charge in [-0.3, -0.25) is 4.79 Å². The third-order valence-electron chi connectivity index (χ3n) is 8.37. The van der Waals surface area contributed by atoms with Gasteiger partial charge in [-0.1, -0.05) is 6.92 Å². The van der Waals surface area contributed by atoms with Crippen LogP contribution in [0.3, 0.4) is 0 Å². The molecule has 4 fully saturated rings. The predicted molar refractivity (Wildman–Crippen MR) is 89.6 cm³/mol. The SMILES string of the molecule is CN(C)[C@H]1CC[C@H]2[C@@H](CC[C@@H]3[C@@H]2CC[C@]2(C)C(=O)CC[C@@H]32)C1. The standard InChI is InChI=1S/C20H33NO/c1-20-11-10-16-15-7-5-14(21(2)3)12-13(15)4-6-17(16)18(20)8-9-19(20)22/h13-18H,4-12H2,1-3H3/t13-,14-,15-,16+,17+,18-,20-/m0/s1. The Morgan fingerprint density at radius 3 is 2.50 bits per heavy atom. The minimum absolute atomic E-state index is 0.0643. The Hall–Kier alpha value is -0.370. The number of carbonyl (C=O) groups is 1. The summed E-state index contributed by atoms with van der Waals surface area (Å²) in [5.41, 5.74) is 0.0643. The molecule has 124 valence electrons. The van der Waals surface area contributed by atoms with Crippen molar-refractivity contribution in [3.63, 3.8) is 0 Å². The number of Topliss-reactive ketones (excluding diaryl/α,β-unsaturated/α-hetero) is 1. The van der Waals surface area contributed by atoms with Crippen LogP contribution in [0.5, 0.6) is 0 Å². The molecule has 0 saturated heterocycles. The molecule has 4 aliphatic rings. The van der Waals surface area contributed by atoms with Crippen LogP contribution in [-0.2, 0) is 4.79 Å². The summed E-state index contributed by atoms with van der Waals surface area (Å²) in [6.07, 6.45) is 11.8. The highest BCUT2D eigenvalue weighted by molar-refractivity contribution is 5.87. The number of ketones is 1. The molecule has 4 saturated carbocycles. The largest absolute Gasteiger partial charge is 0.306 e. The summed E-state index contributed by atoms with van der Waals surface area (Å²) in [5, 5.41) is 0. The van der Waals surface area contributed by atoms with Gasteiger partial charge in [0.15, 0.2) is 0 Å². The first kappa shape index (κ1) is 15.2. The second-order valence-electron chi connectivity index (χ2n) is 9.28. The van der Waals surface area contributed by atoms with Crippen LogP contribution in [0.15, 0.2) is 0 Å². The first-order valence-electron chi connectivity index (χ1n) is 9.70. The molecule has 4 rings (SSSR count). The van der Waals surface area contributed by atoms with Crippen LogP contribution in [0.4, 0.5) is 0 Å². The van der Waals surface area contributed by atoms with Crippen molar-refractivity contribution in [3.8, 4) is 0 Å². The van der Waals surface area contributed by atoms with E-state index >= 15 is 0 Å². The van der Waals surface area contributed by atoms with Crippen molar-refractivity contribution in [2.24, 2.45) is 35.0 Å². The van der Waals surface area contributed by atoms with Crippen LogP contribution in [-0.4, -0.2) is 30.8 Å². The summed E-state index contributed by atoms with van der Waals surface area (Å²) in [6, 6.07) is 0.819. The molecule has 2 heteroatoms. The molecule has 0 heterocycles. The lowest BCUT2D eigenvalue weighted by Gasteiger charge is -2.55. The molecule has 2 nitrogen and oxygen atoms in total.